The zero-order chi connectivity index (χ0) is 23.3. The van der Waals surface area contributed by atoms with Crippen LogP contribution in [-0.4, -0.2) is 35.7 Å². The molecule has 33 heavy (non-hydrogen) atoms. The number of ketones is 1. The standard InChI is InChI=1S/C23H18F3N5OS/c1-13-10-17(14(2)30(13)16-7-5-6-15(11-16)23(24,25)26)20(32)12-33-22-29-28-21-27-18-8-3-4-9-19(18)31(21)22/h3-11H,12H2,1-2H3,(H,27,28). The van der Waals surface area contributed by atoms with E-state index in [1.54, 1.807) is 30.5 Å². The molecule has 0 bridgehead atoms. The number of carbonyl (C=O) groups is 1. The van der Waals surface area contributed by atoms with Gasteiger partial charge in [-0.3, -0.25) is 9.20 Å². The number of thioether (sulfide) groups is 1. The summed E-state index contributed by atoms with van der Waals surface area (Å²) in [6.45, 7) is 3.51. The van der Waals surface area contributed by atoms with Crippen LogP contribution in [0.2, 0.25) is 0 Å². The van der Waals surface area contributed by atoms with Crippen molar-refractivity contribution in [1.29, 1.82) is 0 Å². The number of fused-ring (bicyclic) bond motifs is 3. The van der Waals surface area contributed by atoms with Gasteiger partial charge >= 0.3 is 6.18 Å². The summed E-state index contributed by atoms with van der Waals surface area (Å²) < 4.78 is 43.0. The number of aryl methyl sites for hydroxylation is 1. The molecule has 0 aliphatic carbocycles. The van der Waals surface area contributed by atoms with Gasteiger partial charge in [-0.2, -0.15) is 13.2 Å². The summed E-state index contributed by atoms with van der Waals surface area (Å²) in [5.41, 5.74) is 3.10. The first-order valence-electron chi connectivity index (χ1n) is 10.1. The molecular weight excluding hydrogens is 451 g/mol. The molecule has 0 saturated heterocycles. The van der Waals surface area contributed by atoms with E-state index >= 15 is 0 Å². The van der Waals surface area contributed by atoms with Crippen molar-refractivity contribution >= 4 is 34.4 Å². The maximum atomic E-state index is 13.2. The number of hydrogen-bond acceptors (Lipinski definition) is 4. The van der Waals surface area contributed by atoms with E-state index in [2.05, 4.69) is 15.2 Å². The molecule has 0 unspecified atom stereocenters. The van der Waals surface area contributed by atoms with Gasteiger partial charge in [0.05, 0.1) is 22.3 Å². The molecule has 0 saturated carbocycles. The number of carbonyl (C=O) groups excluding carboxylic acids is 1. The number of benzene rings is 2. The number of rotatable bonds is 5. The van der Waals surface area contributed by atoms with E-state index in [-0.39, 0.29) is 11.5 Å². The third kappa shape index (κ3) is 3.70. The molecule has 2 aromatic carbocycles. The number of alkyl halides is 3. The van der Waals surface area contributed by atoms with Crippen LogP contribution in [0.15, 0.2) is 59.8 Å². The molecule has 10 heteroatoms. The minimum absolute atomic E-state index is 0.124. The van der Waals surface area contributed by atoms with Gasteiger partial charge in [0.25, 0.3) is 0 Å². The van der Waals surface area contributed by atoms with E-state index in [4.69, 9.17) is 0 Å². The Bertz CT molecular complexity index is 1510. The van der Waals surface area contributed by atoms with Crippen LogP contribution < -0.4 is 0 Å². The molecule has 0 fully saturated rings. The zero-order valence-electron chi connectivity index (χ0n) is 17.6. The van der Waals surface area contributed by atoms with E-state index in [9.17, 15) is 18.0 Å². The van der Waals surface area contributed by atoms with Crippen molar-refractivity contribution in [3.63, 3.8) is 0 Å². The molecule has 0 aliphatic heterocycles. The normalized spacial score (nSPS) is 12.2. The Morgan fingerprint density at radius 1 is 1.09 bits per heavy atom. The van der Waals surface area contributed by atoms with Crippen LogP contribution >= 0.6 is 11.8 Å². The van der Waals surface area contributed by atoms with Crippen molar-refractivity contribution in [3.8, 4) is 5.69 Å². The fourth-order valence-corrected chi connectivity index (χ4v) is 4.85. The van der Waals surface area contributed by atoms with Crippen LogP contribution in [0.25, 0.3) is 22.5 Å². The number of para-hydroxylation sites is 2. The monoisotopic (exact) mass is 469 g/mol. The summed E-state index contributed by atoms with van der Waals surface area (Å²) in [6, 6.07) is 14.4. The Kier molecular flexibility index (Phi) is 5.04. The average molecular weight is 469 g/mol. The van der Waals surface area contributed by atoms with Gasteiger partial charge in [0.15, 0.2) is 10.9 Å². The number of aromatic nitrogens is 5. The Labute approximate surface area is 190 Å². The quantitative estimate of drug-likeness (QED) is 0.268. The van der Waals surface area contributed by atoms with Gasteiger partial charge in [-0.05, 0) is 50.2 Å². The van der Waals surface area contributed by atoms with Gasteiger partial charge in [-0.15, -0.1) is 5.10 Å². The van der Waals surface area contributed by atoms with E-state index < -0.39 is 11.7 Å². The van der Waals surface area contributed by atoms with Crippen molar-refractivity contribution < 1.29 is 18.0 Å². The molecule has 3 heterocycles. The van der Waals surface area contributed by atoms with E-state index in [0.29, 0.717) is 33.6 Å². The summed E-state index contributed by atoms with van der Waals surface area (Å²) >= 11 is 1.28. The van der Waals surface area contributed by atoms with Crippen LogP contribution in [0.3, 0.4) is 0 Å². The molecule has 168 valence electrons. The second-order valence-corrected chi connectivity index (χ2v) is 8.59. The SMILES string of the molecule is Cc1cc(C(=O)CSc2n[nH]c3nc4ccccc4n23)c(C)n1-c1cccc(C(F)(F)F)c1. The number of imidazole rings is 1. The van der Waals surface area contributed by atoms with Gasteiger partial charge in [0, 0.05) is 22.6 Å². The molecule has 0 radical (unpaired) electrons. The van der Waals surface area contributed by atoms with Gasteiger partial charge in [-0.1, -0.05) is 30.0 Å². The lowest BCUT2D eigenvalue weighted by Gasteiger charge is -2.13. The number of H-pyrrole nitrogens is 1. The predicted molar refractivity (Wildman–Crippen MR) is 120 cm³/mol. The summed E-state index contributed by atoms with van der Waals surface area (Å²) in [5, 5.41) is 7.76. The highest BCUT2D eigenvalue weighted by atomic mass is 32.2. The number of Topliss-reactive ketones (excluding diaryl/α,β-unsaturated/α-hetero) is 1. The molecule has 0 aliphatic rings. The third-order valence-electron chi connectivity index (χ3n) is 5.50. The number of halogens is 3. The number of hydrogen-bond donors (Lipinski definition) is 1. The Balaban J connectivity index is 1.42. The second-order valence-electron chi connectivity index (χ2n) is 7.65. The lowest BCUT2D eigenvalue weighted by molar-refractivity contribution is -0.137. The number of nitrogens with zero attached hydrogens (tertiary/aromatic N) is 4. The van der Waals surface area contributed by atoms with Crippen LogP contribution in [0.5, 0.6) is 0 Å². The highest BCUT2D eigenvalue weighted by molar-refractivity contribution is 7.99. The smallest absolute Gasteiger partial charge is 0.318 e. The van der Waals surface area contributed by atoms with Gasteiger partial charge < -0.3 is 4.57 Å². The summed E-state index contributed by atoms with van der Waals surface area (Å²) in [4.78, 5) is 17.5. The number of aromatic amines is 1. The molecule has 0 atom stereocenters. The van der Waals surface area contributed by atoms with Gasteiger partial charge in [0.2, 0.25) is 5.78 Å². The number of nitrogens with one attached hydrogen (secondary N) is 1. The maximum absolute atomic E-state index is 13.2. The Morgan fingerprint density at radius 2 is 1.88 bits per heavy atom. The van der Waals surface area contributed by atoms with Crippen molar-refractivity contribution in [2.75, 3.05) is 5.75 Å². The molecule has 5 aromatic rings. The van der Waals surface area contributed by atoms with Crippen molar-refractivity contribution in [2.24, 2.45) is 0 Å². The molecule has 1 N–H and O–H groups in total. The average Bonchev–Trinajstić information content (AvgIpc) is 3.43. The van der Waals surface area contributed by atoms with Crippen molar-refractivity contribution in [1.82, 2.24) is 24.1 Å². The van der Waals surface area contributed by atoms with Crippen LogP contribution in [0, 0.1) is 13.8 Å². The van der Waals surface area contributed by atoms with E-state index in [0.717, 1.165) is 23.2 Å². The van der Waals surface area contributed by atoms with Crippen molar-refractivity contribution in [2.45, 2.75) is 25.2 Å². The zero-order valence-corrected chi connectivity index (χ0v) is 18.5. The highest BCUT2D eigenvalue weighted by Crippen LogP contribution is 2.32. The summed E-state index contributed by atoms with van der Waals surface area (Å²) in [5.74, 6) is 0.583. The first-order valence-corrected chi connectivity index (χ1v) is 11.1. The lowest BCUT2D eigenvalue weighted by atomic mass is 10.1. The van der Waals surface area contributed by atoms with Crippen LogP contribution in [-0.2, 0) is 6.18 Å². The molecule has 6 nitrogen and oxygen atoms in total. The van der Waals surface area contributed by atoms with E-state index in [1.165, 1.54) is 17.8 Å². The van der Waals surface area contributed by atoms with Crippen LogP contribution in [0.1, 0.15) is 27.3 Å². The Hall–Kier alpha value is -3.53. The highest BCUT2D eigenvalue weighted by Gasteiger charge is 2.31. The molecule has 0 spiro atoms. The van der Waals surface area contributed by atoms with E-state index in [1.807, 2.05) is 28.7 Å². The third-order valence-corrected chi connectivity index (χ3v) is 6.44. The molecular formula is C23H18F3N5OS. The second kappa shape index (κ2) is 7.80. The fourth-order valence-electron chi connectivity index (χ4n) is 4.01. The largest absolute Gasteiger partial charge is 0.416 e. The predicted octanol–water partition coefficient (Wildman–Crippen LogP) is 5.61. The topological polar surface area (TPSA) is 68.0 Å². The molecule has 0 amide bonds. The first-order chi connectivity index (χ1) is 15.7. The molecule has 3 aromatic heterocycles. The minimum atomic E-state index is -4.44. The summed E-state index contributed by atoms with van der Waals surface area (Å²) in [7, 11) is 0. The van der Waals surface area contributed by atoms with Gasteiger partial charge in [0.1, 0.15) is 0 Å². The van der Waals surface area contributed by atoms with Gasteiger partial charge in [-0.25, -0.2) is 10.1 Å². The Morgan fingerprint density at radius 3 is 2.67 bits per heavy atom. The molecule has 5 rings (SSSR count). The van der Waals surface area contributed by atoms with Crippen LogP contribution in [0.4, 0.5) is 13.2 Å². The fraction of sp³-hybridized carbons (Fsp3) is 0.174. The maximum Gasteiger partial charge on any atom is 0.416 e. The minimum Gasteiger partial charge on any atom is -0.318 e. The lowest BCUT2D eigenvalue weighted by Crippen LogP contribution is -2.08. The summed E-state index contributed by atoms with van der Waals surface area (Å²) in [6.07, 6.45) is -4.44. The van der Waals surface area contributed by atoms with Crippen molar-refractivity contribution in [3.05, 3.63) is 77.1 Å². The first kappa shape index (κ1) is 21.3.